The fourth-order valence-electron chi connectivity index (χ4n) is 4.60. The maximum Gasteiger partial charge on any atom is 0.303 e. The van der Waals surface area contributed by atoms with E-state index in [0.29, 0.717) is 36.3 Å². The van der Waals surface area contributed by atoms with Gasteiger partial charge < -0.3 is 15.1 Å². The van der Waals surface area contributed by atoms with Gasteiger partial charge in [-0.2, -0.15) is 4.73 Å². The molecule has 1 amide bonds. The van der Waals surface area contributed by atoms with Gasteiger partial charge >= 0.3 is 5.56 Å². The van der Waals surface area contributed by atoms with Crippen molar-refractivity contribution in [3.05, 3.63) is 91.6 Å². The van der Waals surface area contributed by atoms with Crippen LogP contribution in [0.2, 0.25) is 10.0 Å². The average Bonchev–Trinajstić information content (AvgIpc) is 3.73. The highest BCUT2D eigenvalue weighted by molar-refractivity contribution is 6.34. The Morgan fingerprint density at radius 1 is 1.08 bits per heavy atom. The number of aromatic nitrogens is 1. The summed E-state index contributed by atoms with van der Waals surface area (Å²) in [6.45, 7) is 3.34. The number of carbonyl (C=O) groups is 1. The Labute approximate surface area is 224 Å². The molecule has 1 N–H and O–H groups in total. The molecule has 194 valence electrons. The number of carbonyl (C=O) groups excluding carboxylic acids is 1. The van der Waals surface area contributed by atoms with Crippen molar-refractivity contribution in [1.82, 2.24) is 9.63 Å². The van der Waals surface area contributed by atoms with E-state index < -0.39 is 5.56 Å². The molecule has 2 heterocycles. The Morgan fingerprint density at radius 3 is 2.46 bits per heavy atom. The zero-order valence-corrected chi connectivity index (χ0v) is 22.0. The maximum absolute atomic E-state index is 13.8. The lowest BCUT2D eigenvalue weighted by Gasteiger charge is -2.33. The van der Waals surface area contributed by atoms with Gasteiger partial charge in [0.15, 0.2) is 0 Å². The van der Waals surface area contributed by atoms with Crippen LogP contribution in [0.4, 0.5) is 15.8 Å². The quantitative estimate of drug-likeness (QED) is 0.385. The number of pyridine rings is 1. The van der Waals surface area contributed by atoms with E-state index in [0.717, 1.165) is 41.5 Å². The van der Waals surface area contributed by atoms with Crippen LogP contribution >= 0.6 is 23.2 Å². The second-order valence-corrected chi connectivity index (χ2v) is 10.6. The van der Waals surface area contributed by atoms with Crippen LogP contribution in [-0.2, 0) is 0 Å². The summed E-state index contributed by atoms with van der Waals surface area (Å²) in [5.74, 6) is 0.158. The van der Waals surface area contributed by atoms with Gasteiger partial charge in [0.1, 0.15) is 17.4 Å². The van der Waals surface area contributed by atoms with Gasteiger partial charge in [-0.3, -0.25) is 9.59 Å². The van der Waals surface area contributed by atoms with E-state index >= 15 is 0 Å². The molecule has 0 bridgehead atoms. The van der Waals surface area contributed by atoms with Gasteiger partial charge in [-0.15, -0.1) is 0 Å². The molecule has 1 saturated carbocycles. The summed E-state index contributed by atoms with van der Waals surface area (Å²) < 4.78 is 14.4. The molecule has 37 heavy (non-hydrogen) atoms. The topological polar surface area (TPSA) is 63.6 Å². The van der Waals surface area contributed by atoms with E-state index in [-0.39, 0.29) is 33.9 Å². The lowest BCUT2D eigenvalue weighted by Crippen LogP contribution is -2.39. The monoisotopic (exact) mass is 543 g/mol. The summed E-state index contributed by atoms with van der Waals surface area (Å²) in [6, 6.07) is 11.9. The average molecular weight is 544 g/mol. The van der Waals surface area contributed by atoms with Crippen molar-refractivity contribution in [2.45, 2.75) is 38.5 Å². The first kappa shape index (κ1) is 25.6. The Morgan fingerprint density at radius 2 is 1.78 bits per heavy atom. The normalized spacial score (nSPS) is 16.1. The highest BCUT2D eigenvalue weighted by Crippen LogP contribution is 2.33. The molecule has 0 radical (unpaired) electrons. The van der Waals surface area contributed by atoms with Crippen LogP contribution < -0.4 is 15.7 Å². The van der Waals surface area contributed by atoms with Crippen molar-refractivity contribution in [1.29, 1.82) is 0 Å². The zero-order chi connectivity index (χ0) is 26.1. The summed E-state index contributed by atoms with van der Waals surface area (Å²) in [4.78, 5) is 34.3. The predicted molar refractivity (Wildman–Crippen MR) is 144 cm³/mol. The van der Waals surface area contributed by atoms with Crippen LogP contribution in [0, 0.1) is 18.7 Å². The Kier molecular flexibility index (Phi) is 7.45. The summed E-state index contributed by atoms with van der Waals surface area (Å²) in [6.07, 6.45) is 5.06. The SMILES string of the molecule is Cc1ccc(Cl)cc1Nc1c(C(=O)N2CCC(c3ccc(F)cc3)CC2)cn(OCC2CC2)c(=O)c1Cl. The molecule has 1 aliphatic carbocycles. The number of amides is 1. The fraction of sp³-hybridized carbons (Fsp3) is 0.357. The molecular formula is C28H28Cl2FN3O3. The Hall–Kier alpha value is -3.03. The van der Waals surface area contributed by atoms with Crippen molar-refractivity contribution in [2.24, 2.45) is 5.92 Å². The van der Waals surface area contributed by atoms with Crippen molar-refractivity contribution >= 4 is 40.5 Å². The third-order valence-corrected chi connectivity index (χ3v) is 7.67. The van der Waals surface area contributed by atoms with Crippen molar-refractivity contribution < 1.29 is 14.0 Å². The summed E-state index contributed by atoms with van der Waals surface area (Å²) >= 11 is 12.8. The first-order chi connectivity index (χ1) is 17.8. The standard InChI is InChI=1S/C28H28Cl2FN3O3/c1-17-2-7-21(29)14-24(17)32-26-23(15-34(28(36)25(26)30)37-16-18-3-4-18)27(35)33-12-10-20(11-13-33)19-5-8-22(31)9-6-19/h2,5-9,14-15,18,20,32H,3-4,10-13,16H2,1H3. The molecule has 1 saturated heterocycles. The van der Waals surface area contributed by atoms with Gasteiger partial charge in [0.2, 0.25) is 0 Å². The molecule has 3 aromatic rings. The predicted octanol–water partition coefficient (Wildman–Crippen LogP) is 6.20. The number of anilines is 2. The molecule has 6 nitrogen and oxygen atoms in total. The maximum atomic E-state index is 13.8. The molecule has 0 spiro atoms. The number of aryl methyl sites for hydroxylation is 1. The number of benzene rings is 2. The van der Waals surface area contributed by atoms with Gasteiger partial charge in [0, 0.05) is 23.8 Å². The molecule has 0 atom stereocenters. The number of nitrogens with one attached hydrogen (secondary N) is 1. The lowest BCUT2D eigenvalue weighted by molar-refractivity contribution is 0.0696. The first-order valence-electron chi connectivity index (χ1n) is 12.5. The number of hydrogen-bond donors (Lipinski definition) is 1. The van der Waals surface area contributed by atoms with Gasteiger partial charge in [-0.25, -0.2) is 4.39 Å². The Balaban J connectivity index is 1.43. The number of piperidine rings is 1. The lowest BCUT2D eigenvalue weighted by atomic mass is 9.89. The summed E-state index contributed by atoms with van der Waals surface area (Å²) in [5, 5.41) is 3.58. The molecule has 1 aromatic heterocycles. The number of likely N-dealkylation sites (tertiary alicyclic amines) is 1. The van der Waals surface area contributed by atoms with E-state index in [1.165, 1.54) is 18.3 Å². The smallest absolute Gasteiger partial charge is 0.303 e. The number of nitrogens with zero attached hydrogens (tertiary/aromatic N) is 2. The van der Waals surface area contributed by atoms with Crippen LogP contribution in [0.5, 0.6) is 0 Å². The molecule has 1 aliphatic heterocycles. The fourth-order valence-corrected chi connectivity index (χ4v) is 5.00. The molecule has 2 fully saturated rings. The molecule has 5 rings (SSSR count). The summed E-state index contributed by atoms with van der Waals surface area (Å²) in [7, 11) is 0. The zero-order valence-electron chi connectivity index (χ0n) is 20.5. The minimum absolute atomic E-state index is 0.123. The highest BCUT2D eigenvalue weighted by Gasteiger charge is 2.29. The van der Waals surface area contributed by atoms with E-state index in [1.54, 1.807) is 29.2 Å². The first-order valence-corrected chi connectivity index (χ1v) is 13.2. The minimum Gasteiger partial charge on any atom is -0.410 e. The van der Waals surface area contributed by atoms with Crippen molar-refractivity contribution in [2.75, 3.05) is 25.0 Å². The van der Waals surface area contributed by atoms with Gasteiger partial charge in [0.25, 0.3) is 5.91 Å². The van der Waals surface area contributed by atoms with Gasteiger partial charge in [-0.05, 0) is 79.8 Å². The molecular weight excluding hydrogens is 516 g/mol. The minimum atomic E-state index is -0.531. The van der Waals surface area contributed by atoms with Crippen LogP contribution in [-0.4, -0.2) is 35.2 Å². The second-order valence-electron chi connectivity index (χ2n) is 9.80. The number of rotatable bonds is 7. The summed E-state index contributed by atoms with van der Waals surface area (Å²) in [5.41, 5.74) is 2.55. The third kappa shape index (κ3) is 5.78. The van der Waals surface area contributed by atoms with E-state index in [9.17, 15) is 14.0 Å². The molecule has 2 aliphatic rings. The second kappa shape index (κ2) is 10.8. The molecule has 0 unspecified atom stereocenters. The third-order valence-electron chi connectivity index (χ3n) is 7.08. The van der Waals surface area contributed by atoms with Crippen LogP contribution in [0.3, 0.4) is 0 Å². The molecule has 9 heteroatoms. The number of halogens is 3. The van der Waals surface area contributed by atoms with E-state index in [1.807, 2.05) is 13.0 Å². The largest absolute Gasteiger partial charge is 0.410 e. The Bertz CT molecular complexity index is 1360. The van der Waals surface area contributed by atoms with Gasteiger partial charge in [-0.1, -0.05) is 41.4 Å². The highest BCUT2D eigenvalue weighted by atomic mass is 35.5. The van der Waals surface area contributed by atoms with E-state index in [2.05, 4.69) is 5.32 Å². The van der Waals surface area contributed by atoms with Crippen LogP contribution in [0.15, 0.2) is 53.5 Å². The van der Waals surface area contributed by atoms with Crippen molar-refractivity contribution in [3.8, 4) is 0 Å². The number of hydrogen-bond acceptors (Lipinski definition) is 4. The van der Waals surface area contributed by atoms with Crippen molar-refractivity contribution in [3.63, 3.8) is 0 Å². The van der Waals surface area contributed by atoms with Crippen LogP contribution in [0.1, 0.15) is 53.1 Å². The van der Waals surface area contributed by atoms with E-state index in [4.69, 9.17) is 28.0 Å². The van der Waals surface area contributed by atoms with Crippen LogP contribution in [0.25, 0.3) is 0 Å². The van der Waals surface area contributed by atoms with Gasteiger partial charge in [0.05, 0.1) is 17.4 Å². The molecule has 2 aromatic carbocycles.